The van der Waals surface area contributed by atoms with Gasteiger partial charge in [0.15, 0.2) is 0 Å². The van der Waals surface area contributed by atoms with Crippen molar-refractivity contribution in [3.8, 4) is 0 Å². The van der Waals surface area contributed by atoms with Crippen LogP contribution in [0.5, 0.6) is 0 Å². The first-order valence-corrected chi connectivity index (χ1v) is 6.20. The summed E-state index contributed by atoms with van der Waals surface area (Å²) in [7, 11) is 2.08. The van der Waals surface area contributed by atoms with Crippen molar-refractivity contribution in [2.24, 2.45) is 0 Å². The minimum atomic E-state index is -0.101. The van der Waals surface area contributed by atoms with E-state index in [0.717, 1.165) is 13.0 Å². The number of anilines is 1. The Balaban J connectivity index is 2.30. The van der Waals surface area contributed by atoms with Gasteiger partial charge in [-0.2, -0.15) is 0 Å². The molecule has 0 atom stereocenters. The van der Waals surface area contributed by atoms with Gasteiger partial charge in [-0.3, -0.25) is 4.79 Å². The van der Waals surface area contributed by atoms with Crippen molar-refractivity contribution >= 4 is 11.7 Å². The van der Waals surface area contributed by atoms with Crippen LogP contribution in [0, 0.1) is 0 Å². The Kier molecular flexibility index (Phi) is 5.58. The standard InChI is InChI=1S/C13H22N4O/c1-10(2)17(3)8-4-6-16-13(18)11-5-7-15-12(14)9-11/h5,7,9-10H,4,6,8H2,1-3H3,(H2,14,15)(H,16,18). The summed E-state index contributed by atoms with van der Waals surface area (Å²) in [5.41, 5.74) is 6.08. The molecule has 0 aromatic carbocycles. The SMILES string of the molecule is CC(C)N(C)CCCNC(=O)c1ccnc(N)c1. The zero-order valence-corrected chi connectivity index (χ0v) is 11.3. The Morgan fingerprint density at radius 2 is 2.28 bits per heavy atom. The highest BCUT2D eigenvalue weighted by atomic mass is 16.1. The predicted octanol–water partition coefficient (Wildman–Crippen LogP) is 1.12. The van der Waals surface area contributed by atoms with E-state index in [1.54, 1.807) is 12.1 Å². The number of carbonyl (C=O) groups excluding carboxylic acids is 1. The monoisotopic (exact) mass is 250 g/mol. The summed E-state index contributed by atoms with van der Waals surface area (Å²) in [6.07, 6.45) is 2.47. The van der Waals surface area contributed by atoms with E-state index in [-0.39, 0.29) is 5.91 Å². The molecule has 0 aliphatic heterocycles. The smallest absolute Gasteiger partial charge is 0.251 e. The lowest BCUT2D eigenvalue weighted by Gasteiger charge is -2.20. The van der Waals surface area contributed by atoms with Crippen LogP contribution >= 0.6 is 0 Å². The maximum atomic E-state index is 11.8. The van der Waals surface area contributed by atoms with E-state index in [0.29, 0.717) is 24.0 Å². The molecule has 1 heterocycles. The minimum Gasteiger partial charge on any atom is -0.384 e. The molecule has 0 saturated carbocycles. The first-order valence-electron chi connectivity index (χ1n) is 6.20. The molecular formula is C13H22N4O. The lowest BCUT2D eigenvalue weighted by molar-refractivity contribution is 0.0951. The van der Waals surface area contributed by atoms with E-state index in [2.05, 4.69) is 36.1 Å². The van der Waals surface area contributed by atoms with E-state index >= 15 is 0 Å². The van der Waals surface area contributed by atoms with Gasteiger partial charge in [0.25, 0.3) is 5.91 Å². The Hall–Kier alpha value is -1.62. The zero-order valence-electron chi connectivity index (χ0n) is 11.3. The van der Waals surface area contributed by atoms with E-state index in [1.807, 2.05) is 0 Å². The fourth-order valence-corrected chi connectivity index (χ4v) is 1.48. The molecule has 0 saturated heterocycles. The summed E-state index contributed by atoms with van der Waals surface area (Å²) in [5, 5.41) is 2.87. The number of rotatable bonds is 6. The number of nitrogens with zero attached hydrogens (tertiary/aromatic N) is 2. The van der Waals surface area contributed by atoms with Crippen molar-refractivity contribution in [3.05, 3.63) is 23.9 Å². The molecule has 0 aliphatic rings. The molecule has 18 heavy (non-hydrogen) atoms. The lowest BCUT2D eigenvalue weighted by atomic mass is 10.2. The van der Waals surface area contributed by atoms with Crippen molar-refractivity contribution in [2.75, 3.05) is 25.9 Å². The number of pyridine rings is 1. The van der Waals surface area contributed by atoms with Crippen LogP contribution in [-0.4, -0.2) is 42.0 Å². The Bertz CT molecular complexity index is 392. The van der Waals surface area contributed by atoms with Gasteiger partial charge in [0, 0.05) is 24.3 Å². The number of hydrogen-bond acceptors (Lipinski definition) is 4. The van der Waals surface area contributed by atoms with E-state index in [9.17, 15) is 4.79 Å². The second kappa shape index (κ2) is 6.96. The fraction of sp³-hybridized carbons (Fsp3) is 0.538. The Morgan fingerprint density at radius 3 is 2.89 bits per heavy atom. The maximum absolute atomic E-state index is 11.8. The summed E-state index contributed by atoms with van der Waals surface area (Å²) in [6.45, 7) is 5.94. The quantitative estimate of drug-likeness (QED) is 0.742. The Labute approximate surface area is 108 Å². The van der Waals surface area contributed by atoms with Crippen LogP contribution in [0.15, 0.2) is 18.3 Å². The van der Waals surface area contributed by atoms with Gasteiger partial charge in [0.2, 0.25) is 0 Å². The second-order valence-corrected chi connectivity index (χ2v) is 4.65. The first kappa shape index (κ1) is 14.4. The molecule has 5 heteroatoms. The van der Waals surface area contributed by atoms with Crippen molar-refractivity contribution in [3.63, 3.8) is 0 Å². The van der Waals surface area contributed by atoms with Crippen LogP contribution in [0.4, 0.5) is 5.82 Å². The third-order valence-corrected chi connectivity index (χ3v) is 2.90. The Morgan fingerprint density at radius 1 is 1.56 bits per heavy atom. The number of carbonyl (C=O) groups is 1. The third-order valence-electron chi connectivity index (χ3n) is 2.90. The third kappa shape index (κ3) is 4.71. The van der Waals surface area contributed by atoms with Gasteiger partial charge in [0.05, 0.1) is 0 Å². The molecule has 0 bridgehead atoms. The van der Waals surface area contributed by atoms with Gasteiger partial charge in [-0.1, -0.05) is 0 Å². The average Bonchev–Trinajstić information content (AvgIpc) is 2.33. The highest BCUT2D eigenvalue weighted by Crippen LogP contribution is 2.02. The lowest BCUT2D eigenvalue weighted by Crippen LogP contribution is -2.31. The molecule has 0 spiro atoms. The number of nitrogen functional groups attached to an aromatic ring is 1. The van der Waals surface area contributed by atoms with Crippen LogP contribution in [0.25, 0.3) is 0 Å². The van der Waals surface area contributed by atoms with Gasteiger partial charge in [-0.25, -0.2) is 4.98 Å². The molecule has 0 unspecified atom stereocenters. The summed E-state index contributed by atoms with van der Waals surface area (Å²) in [4.78, 5) is 17.9. The molecule has 3 N–H and O–H groups in total. The molecular weight excluding hydrogens is 228 g/mol. The van der Waals surface area contributed by atoms with Crippen molar-refractivity contribution in [2.45, 2.75) is 26.3 Å². The van der Waals surface area contributed by atoms with Crippen LogP contribution < -0.4 is 11.1 Å². The molecule has 1 amide bonds. The summed E-state index contributed by atoms with van der Waals surface area (Å²) < 4.78 is 0. The summed E-state index contributed by atoms with van der Waals surface area (Å²) >= 11 is 0. The largest absolute Gasteiger partial charge is 0.384 e. The molecule has 5 nitrogen and oxygen atoms in total. The normalized spacial score (nSPS) is 10.9. The highest BCUT2D eigenvalue weighted by molar-refractivity contribution is 5.94. The zero-order chi connectivity index (χ0) is 13.5. The number of hydrogen-bond donors (Lipinski definition) is 2. The van der Waals surface area contributed by atoms with E-state index < -0.39 is 0 Å². The molecule has 0 aliphatic carbocycles. The molecule has 1 aromatic rings. The number of nitrogens with two attached hydrogens (primary N) is 1. The maximum Gasteiger partial charge on any atom is 0.251 e. The average molecular weight is 250 g/mol. The summed E-state index contributed by atoms with van der Waals surface area (Å²) in [6, 6.07) is 3.77. The van der Waals surface area contributed by atoms with E-state index in [1.165, 1.54) is 6.20 Å². The van der Waals surface area contributed by atoms with Crippen LogP contribution in [0.2, 0.25) is 0 Å². The number of nitrogens with one attached hydrogen (secondary N) is 1. The van der Waals surface area contributed by atoms with Gasteiger partial charge in [-0.05, 0) is 46.0 Å². The molecule has 1 aromatic heterocycles. The van der Waals surface area contributed by atoms with Gasteiger partial charge in [0.1, 0.15) is 5.82 Å². The highest BCUT2D eigenvalue weighted by Gasteiger charge is 2.06. The second-order valence-electron chi connectivity index (χ2n) is 4.65. The first-order chi connectivity index (χ1) is 8.50. The van der Waals surface area contributed by atoms with Crippen LogP contribution in [-0.2, 0) is 0 Å². The minimum absolute atomic E-state index is 0.101. The van der Waals surface area contributed by atoms with Gasteiger partial charge < -0.3 is 16.0 Å². The van der Waals surface area contributed by atoms with E-state index in [4.69, 9.17) is 5.73 Å². The number of amides is 1. The molecule has 1 rings (SSSR count). The number of aromatic nitrogens is 1. The molecule has 100 valence electrons. The molecule has 0 fully saturated rings. The fourth-order valence-electron chi connectivity index (χ4n) is 1.48. The predicted molar refractivity (Wildman–Crippen MR) is 73.4 cm³/mol. The van der Waals surface area contributed by atoms with Crippen molar-refractivity contribution < 1.29 is 4.79 Å². The van der Waals surface area contributed by atoms with Gasteiger partial charge in [-0.15, -0.1) is 0 Å². The van der Waals surface area contributed by atoms with Gasteiger partial charge >= 0.3 is 0 Å². The summed E-state index contributed by atoms with van der Waals surface area (Å²) in [5.74, 6) is 0.262. The van der Waals surface area contributed by atoms with Crippen molar-refractivity contribution in [1.82, 2.24) is 15.2 Å². The molecule has 0 radical (unpaired) electrons. The van der Waals surface area contributed by atoms with Crippen LogP contribution in [0.1, 0.15) is 30.6 Å². The topological polar surface area (TPSA) is 71.2 Å². The van der Waals surface area contributed by atoms with Crippen LogP contribution in [0.3, 0.4) is 0 Å². The van der Waals surface area contributed by atoms with Crippen molar-refractivity contribution in [1.29, 1.82) is 0 Å².